The van der Waals surface area contributed by atoms with E-state index in [-0.39, 0.29) is 0 Å². The second kappa shape index (κ2) is 4.38. The summed E-state index contributed by atoms with van der Waals surface area (Å²) < 4.78 is 5.67. The highest BCUT2D eigenvalue weighted by molar-refractivity contribution is 9.11. The number of hydrogen-bond donors (Lipinski definition) is 1. The first-order valence-corrected chi connectivity index (χ1v) is 5.40. The third kappa shape index (κ3) is 2.62. The van der Waals surface area contributed by atoms with Gasteiger partial charge in [-0.3, -0.25) is 4.72 Å². The Morgan fingerprint density at radius 3 is 3.00 bits per heavy atom. The Labute approximate surface area is 77.5 Å². The lowest BCUT2D eigenvalue weighted by Crippen LogP contribution is -1.98. The summed E-state index contributed by atoms with van der Waals surface area (Å²) in [6.45, 7) is 3.09. The fraction of sp³-hybridized carbons (Fsp3) is 0.333. The van der Waals surface area contributed by atoms with E-state index < -0.39 is 0 Å². The molecule has 1 nitrogen and oxygen atoms in total. The maximum absolute atomic E-state index is 3.40. The van der Waals surface area contributed by atoms with Gasteiger partial charge in [0.15, 0.2) is 0 Å². The summed E-state index contributed by atoms with van der Waals surface area (Å²) in [6.07, 6.45) is 0. The fourth-order valence-electron chi connectivity index (χ4n) is 0.496. The van der Waals surface area contributed by atoms with Crippen molar-refractivity contribution >= 4 is 39.2 Å². The minimum absolute atomic E-state index is 1.00. The van der Waals surface area contributed by atoms with Crippen LogP contribution >= 0.6 is 39.2 Å². The predicted molar refractivity (Wildman–Crippen MR) is 51.6 cm³/mol. The van der Waals surface area contributed by atoms with Crippen LogP contribution in [-0.2, 0) is 0 Å². The quantitative estimate of drug-likeness (QED) is 0.812. The molecule has 4 heteroatoms. The van der Waals surface area contributed by atoms with Gasteiger partial charge in [0.1, 0.15) is 0 Å². The van der Waals surface area contributed by atoms with Gasteiger partial charge in [-0.2, -0.15) is 0 Å². The zero-order valence-electron chi connectivity index (χ0n) is 5.56. The van der Waals surface area contributed by atoms with Crippen LogP contribution in [0.5, 0.6) is 0 Å². The van der Waals surface area contributed by atoms with E-state index in [1.54, 1.807) is 23.3 Å². The molecular formula is C6H8BrNS2. The van der Waals surface area contributed by atoms with Gasteiger partial charge in [0.05, 0.1) is 8.00 Å². The van der Waals surface area contributed by atoms with E-state index in [2.05, 4.69) is 39.7 Å². The van der Waals surface area contributed by atoms with E-state index >= 15 is 0 Å². The Hall–Kier alpha value is 0.490. The lowest BCUT2D eigenvalue weighted by Gasteiger charge is -1.93. The van der Waals surface area contributed by atoms with E-state index in [1.807, 2.05) is 0 Å². The van der Waals surface area contributed by atoms with Gasteiger partial charge in [0.25, 0.3) is 0 Å². The zero-order chi connectivity index (χ0) is 7.40. The molecule has 0 unspecified atom stereocenters. The van der Waals surface area contributed by atoms with Gasteiger partial charge >= 0.3 is 0 Å². The first-order valence-electron chi connectivity index (χ1n) is 2.98. The summed E-state index contributed by atoms with van der Waals surface area (Å²) in [5.41, 5.74) is 0. The molecule has 56 valence electrons. The summed E-state index contributed by atoms with van der Waals surface area (Å²) in [6, 6.07) is 4.16. The first kappa shape index (κ1) is 8.59. The molecule has 0 spiro atoms. The van der Waals surface area contributed by atoms with Crippen LogP contribution in [0, 0.1) is 0 Å². The average Bonchev–Trinajstić information content (AvgIpc) is 2.31. The molecular weight excluding hydrogens is 230 g/mol. The molecule has 0 aliphatic rings. The average molecular weight is 238 g/mol. The van der Waals surface area contributed by atoms with Gasteiger partial charge in [-0.1, -0.05) is 6.92 Å². The van der Waals surface area contributed by atoms with Crippen LogP contribution in [0.4, 0.5) is 0 Å². The molecule has 0 bridgehead atoms. The van der Waals surface area contributed by atoms with Crippen molar-refractivity contribution in [3.63, 3.8) is 0 Å². The summed E-state index contributed by atoms with van der Waals surface area (Å²) in [7, 11) is 0. The third-order valence-corrected chi connectivity index (χ3v) is 3.55. The molecule has 0 saturated carbocycles. The maximum atomic E-state index is 3.40. The number of thiophene rings is 1. The molecule has 10 heavy (non-hydrogen) atoms. The van der Waals surface area contributed by atoms with Crippen LogP contribution in [0.25, 0.3) is 0 Å². The Bertz CT molecular complexity index is 199. The first-order chi connectivity index (χ1) is 4.83. The van der Waals surface area contributed by atoms with Crippen LogP contribution in [0.1, 0.15) is 6.92 Å². The van der Waals surface area contributed by atoms with Gasteiger partial charge in [0, 0.05) is 6.54 Å². The van der Waals surface area contributed by atoms with Gasteiger partial charge in [-0.25, -0.2) is 0 Å². The van der Waals surface area contributed by atoms with Gasteiger partial charge in [0.2, 0.25) is 0 Å². The maximum Gasteiger partial charge on any atom is 0.0763 e. The van der Waals surface area contributed by atoms with Crippen molar-refractivity contribution < 1.29 is 0 Å². The number of halogens is 1. The molecule has 0 aliphatic carbocycles. The van der Waals surface area contributed by atoms with Crippen LogP contribution in [0.3, 0.4) is 0 Å². The lowest BCUT2D eigenvalue weighted by atomic mass is 10.7. The molecule has 1 N–H and O–H groups in total. The Kier molecular flexibility index (Phi) is 3.76. The number of nitrogens with one attached hydrogen (secondary N) is 1. The molecule has 1 aromatic rings. The molecule has 0 saturated heterocycles. The number of hydrogen-bond acceptors (Lipinski definition) is 3. The van der Waals surface area contributed by atoms with Crippen molar-refractivity contribution in [3.05, 3.63) is 15.9 Å². The highest BCUT2D eigenvalue weighted by atomic mass is 79.9. The topological polar surface area (TPSA) is 12.0 Å². The smallest absolute Gasteiger partial charge is 0.0763 e. The van der Waals surface area contributed by atoms with Crippen molar-refractivity contribution in [2.45, 2.75) is 11.1 Å². The molecule has 1 heterocycles. The van der Waals surface area contributed by atoms with Crippen molar-refractivity contribution in [1.82, 2.24) is 4.72 Å². The van der Waals surface area contributed by atoms with Crippen molar-refractivity contribution in [3.8, 4) is 0 Å². The molecule has 0 amide bonds. The standard InChI is InChI=1S/C6H8BrNS2/c1-2-8-10-6-4-3-5(7)9-6/h3-4,8H,2H2,1H3. The Balaban J connectivity index is 2.42. The van der Waals surface area contributed by atoms with Gasteiger partial charge < -0.3 is 0 Å². The molecule has 0 radical (unpaired) electrons. The zero-order valence-corrected chi connectivity index (χ0v) is 8.78. The van der Waals surface area contributed by atoms with E-state index in [9.17, 15) is 0 Å². The van der Waals surface area contributed by atoms with E-state index in [1.165, 1.54) is 8.00 Å². The molecule has 0 atom stereocenters. The lowest BCUT2D eigenvalue weighted by molar-refractivity contribution is 1.04. The Morgan fingerprint density at radius 1 is 1.70 bits per heavy atom. The highest BCUT2D eigenvalue weighted by Crippen LogP contribution is 2.28. The SMILES string of the molecule is CCNSc1ccc(Br)s1. The van der Waals surface area contributed by atoms with Crippen LogP contribution in [0.2, 0.25) is 0 Å². The van der Waals surface area contributed by atoms with Crippen LogP contribution in [-0.4, -0.2) is 6.54 Å². The fourth-order valence-corrected chi connectivity index (χ4v) is 2.97. The second-order valence-electron chi connectivity index (χ2n) is 1.66. The normalized spacial score (nSPS) is 10.2. The van der Waals surface area contributed by atoms with E-state index in [0.717, 1.165) is 6.54 Å². The van der Waals surface area contributed by atoms with Crippen LogP contribution < -0.4 is 4.72 Å². The Morgan fingerprint density at radius 2 is 2.50 bits per heavy atom. The van der Waals surface area contributed by atoms with Gasteiger partial charge in [-0.15, -0.1) is 11.3 Å². The molecule has 0 aliphatic heterocycles. The summed E-state index contributed by atoms with van der Waals surface area (Å²) in [4.78, 5) is 0. The van der Waals surface area contributed by atoms with Crippen molar-refractivity contribution in [1.29, 1.82) is 0 Å². The van der Waals surface area contributed by atoms with E-state index in [0.29, 0.717) is 0 Å². The highest BCUT2D eigenvalue weighted by Gasteiger charge is 1.95. The second-order valence-corrected chi connectivity index (χ2v) is 5.31. The summed E-state index contributed by atoms with van der Waals surface area (Å²) in [5.74, 6) is 0. The molecule has 1 aromatic heterocycles. The van der Waals surface area contributed by atoms with Gasteiger partial charge in [-0.05, 0) is 40.0 Å². The molecule has 1 rings (SSSR count). The minimum atomic E-state index is 1.00. The number of rotatable bonds is 3. The monoisotopic (exact) mass is 237 g/mol. The third-order valence-electron chi connectivity index (χ3n) is 0.866. The van der Waals surface area contributed by atoms with Crippen LogP contribution in [0.15, 0.2) is 20.1 Å². The predicted octanol–water partition coefficient (Wildman–Crippen LogP) is 3.13. The molecule has 0 aromatic carbocycles. The van der Waals surface area contributed by atoms with E-state index in [4.69, 9.17) is 0 Å². The van der Waals surface area contributed by atoms with Crippen molar-refractivity contribution in [2.24, 2.45) is 0 Å². The molecule has 0 fully saturated rings. The largest absolute Gasteiger partial charge is 0.259 e. The summed E-state index contributed by atoms with van der Waals surface area (Å²) in [5, 5.41) is 0. The summed E-state index contributed by atoms with van der Waals surface area (Å²) >= 11 is 6.83. The van der Waals surface area contributed by atoms with Crippen molar-refractivity contribution in [2.75, 3.05) is 6.54 Å². The minimum Gasteiger partial charge on any atom is -0.259 e.